The molecule has 2 heterocycles. The maximum Gasteiger partial charge on any atom is 0.407 e. The molecular formula is C27H37N5O2. The molecule has 0 aliphatic carbocycles. The van der Waals surface area contributed by atoms with Crippen LogP contribution in [0.15, 0.2) is 54.6 Å². The first-order chi connectivity index (χ1) is 16.7. The summed E-state index contributed by atoms with van der Waals surface area (Å²) in [7, 11) is 0. The number of hydrogen-bond donors (Lipinski definition) is 2. The molecule has 4 rings (SSSR count). The lowest BCUT2D eigenvalue weighted by molar-refractivity contribution is 0.138. The van der Waals surface area contributed by atoms with Gasteiger partial charge in [-0.2, -0.15) is 0 Å². The number of hydrogen-bond acceptors (Lipinski definition) is 5. The van der Waals surface area contributed by atoms with Crippen molar-refractivity contribution in [1.29, 1.82) is 0 Å². The number of amides is 1. The van der Waals surface area contributed by atoms with Gasteiger partial charge in [0.1, 0.15) is 12.4 Å². The minimum Gasteiger partial charge on any atom is -0.445 e. The lowest BCUT2D eigenvalue weighted by atomic mass is 10.0. The maximum absolute atomic E-state index is 11.9. The number of imidazole rings is 1. The molecule has 2 N–H and O–H groups in total. The average molecular weight is 464 g/mol. The number of fused-ring (bicyclic) bond motifs is 1. The van der Waals surface area contributed by atoms with Crippen LogP contribution >= 0.6 is 0 Å². The van der Waals surface area contributed by atoms with Crippen molar-refractivity contribution in [1.82, 2.24) is 25.1 Å². The van der Waals surface area contributed by atoms with Gasteiger partial charge in [-0.05, 0) is 50.0 Å². The fourth-order valence-electron chi connectivity index (χ4n) is 4.72. The highest BCUT2D eigenvalue weighted by molar-refractivity contribution is 5.76. The van der Waals surface area contributed by atoms with Gasteiger partial charge in [-0.25, -0.2) is 9.78 Å². The third-order valence-corrected chi connectivity index (χ3v) is 6.50. The van der Waals surface area contributed by atoms with Gasteiger partial charge < -0.3 is 24.8 Å². The zero-order valence-corrected chi connectivity index (χ0v) is 20.2. The van der Waals surface area contributed by atoms with Crippen molar-refractivity contribution >= 4 is 17.1 Å². The molecule has 182 valence electrons. The number of alkyl carbamates (subject to hydrolysis) is 1. The number of likely N-dealkylation sites (N-methyl/N-ethyl adjacent to an activating group) is 1. The minimum atomic E-state index is -0.348. The molecule has 0 atom stereocenters. The highest BCUT2D eigenvalue weighted by atomic mass is 16.5. The molecule has 2 aromatic carbocycles. The number of piperidine rings is 1. The molecule has 34 heavy (non-hydrogen) atoms. The molecule has 1 aliphatic rings. The normalized spacial score (nSPS) is 15.0. The highest BCUT2D eigenvalue weighted by Crippen LogP contribution is 2.29. The van der Waals surface area contributed by atoms with E-state index in [9.17, 15) is 4.79 Å². The molecule has 0 radical (unpaired) electrons. The first-order valence-electron chi connectivity index (χ1n) is 12.6. The second kappa shape index (κ2) is 12.5. The van der Waals surface area contributed by atoms with Crippen LogP contribution < -0.4 is 10.6 Å². The summed E-state index contributed by atoms with van der Waals surface area (Å²) < 4.78 is 7.77. The van der Waals surface area contributed by atoms with Gasteiger partial charge in [-0.3, -0.25) is 0 Å². The van der Waals surface area contributed by atoms with Crippen LogP contribution in [0.5, 0.6) is 0 Å². The molecule has 0 saturated carbocycles. The molecule has 7 heteroatoms. The molecule has 3 aromatic rings. The lowest BCUT2D eigenvalue weighted by Gasteiger charge is -2.33. The fourth-order valence-corrected chi connectivity index (χ4v) is 4.72. The van der Waals surface area contributed by atoms with E-state index in [1.807, 2.05) is 30.3 Å². The lowest BCUT2D eigenvalue weighted by Crippen LogP contribution is -2.37. The van der Waals surface area contributed by atoms with E-state index in [1.54, 1.807) is 0 Å². The molecule has 0 bridgehead atoms. The SMILES string of the molecule is CCNCCc1nc2ccccc2n1C1CCN(CCCNC(=O)OCc2ccccc2)CC1. The Bertz CT molecular complexity index is 1030. The summed E-state index contributed by atoms with van der Waals surface area (Å²) in [6.45, 7) is 8.15. The predicted octanol–water partition coefficient (Wildman–Crippen LogP) is 4.14. The van der Waals surface area contributed by atoms with Gasteiger partial charge in [0.25, 0.3) is 0 Å². The third kappa shape index (κ3) is 6.58. The number of para-hydroxylation sites is 2. The van der Waals surface area contributed by atoms with Crippen molar-refractivity contribution in [2.75, 3.05) is 39.3 Å². The van der Waals surface area contributed by atoms with Crippen molar-refractivity contribution in [3.05, 3.63) is 66.0 Å². The highest BCUT2D eigenvalue weighted by Gasteiger charge is 2.24. The van der Waals surface area contributed by atoms with Gasteiger partial charge in [0.2, 0.25) is 0 Å². The summed E-state index contributed by atoms with van der Waals surface area (Å²) in [5.41, 5.74) is 3.35. The van der Waals surface area contributed by atoms with E-state index in [4.69, 9.17) is 9.72 Å². The molecule has 1 aliphatic heterocycles. The second-order valence-electron chi connectivity index (χ2n) is 8.91. The van der Waals surface area contributed by atoms with E-state index in [2.05, 4.69) is 51.3 Å². The van der Waals surface area contributed by atoms with Gasteiger partial charge in [0.15, 0.2) is 0 Å². The number of aromatic nitrogens is 2. The standard InChI is InChI=1S/C27H37N5O2/c1-2-28-17-13-26-30-24-11-6-7-12-25(24)32(26)23-14-19-31(20-15-23)18-8-16-29-27(33)34-21-22-9-4-3-5-10-22/h3-7,9-12,23,28H,2,8,13-21H2,1H3,(H,29,33). The predicted molar refractivity (Wildman–Crippen MR) is 136 cm³/mol. The largest absolute Gasteiger partial charge is 0.445 e. The van der Waals surface area contributed by atoms with Crippen molar-refractivity contribution < 1.29 is 9.53 Å². The smallest absolute Gasteiger partial charge is 0.407 e. The zero-order valence-electron chi connectivity index (χ0n) is 20.2. The fraction of sp³-hybridized carbons (Fsp3) is 0.481. The van der Waals surface area contributed by atoms with Crippen LogP contribution in [-0.4, -0.2) is 59.8 Å². The van der Waals surface area contributed by atoms with E-state index in [1.165, 1.54) is 11.3 Å². The Morgan fingerprint density at radius 1 is 1.06 bits per heavy atom. The summed E-state index contributed by atoms with van der Waals surface area (Å²) in [6.07, 6.45) is 3.78. The van der Waals surface area contributed by atoms with Crippen LogP contribution in [-0.2, 0) is 17.8 Å². The molecule has 1 fully saturated rings. The monoisotopic (exact) mass is 463 g/mol. The summed E-state index contributed by atoms with van der Waals surface area (Å²) in [5.74, 6) is 1.19. The minimum absolute atomic E-state index is 0.305. The topological polar surface area (TPSA) is 71.4 Å². The number of nitrogens with zero attached hydrogens (tertiary/aromatic N) is 3. The number of benzene rings is 2. The molecule has 1 saturated heterocycles. The number of likely N-dealkylation sites (tertiary alicyclic amines) is 1. The zero-order chi connectivity index (χ0) is 23.6. The van der Waals surface area contributed by atoms with Crippen LogP contribution in [0.4, 0.5) is 4.79 Å². The third-order valence-electron chi connectivity index (χ3n) is 6.50. The van der Waals surface area contributed by atoms with Crippen LogP contribution in [0.25, 0.3) is 11.0 Å². The molecule has 0 spiro atoms. The van der Waals surface area contributed by atoms with E-state index in [0.29, 0.717) is 19.2 Å². The summed E-state index contributed by atoms with van der Waals surface area (Å²) in [4.78, 5) is 19.4. The number of nitrogens with one attached hydrogen (secondary N) is 2. The summed E-state index contributed by atoms with van der Waals surface area (Å²) in [6, 6.07) is 18.7. The molecule has 7 nitrogen and oxygen atoms in total. The number of rotatable bonds is 11. The van der Waals surface area contributed by atoms with Crippen LogP contribution in [0, 0.1) is 0 Å². The Labute approximate surface area is 202 Å². The van der Waals surface area contributed by atoms with Crippen molar-refractivity contribution in [2.45, 2.75) is 45.3 Å². The Balaban J connectivity index is 1.20. The van der Waals surface area contributed by atoms with E-state index in [-0.39, 0.29) is 6.09 Å². The van der Waals surface area contributed by atoms with E-state index < -0.39 is 0 Å². The molecular weight excluding hydrogens is 426 g/mol. The Hall–Kier alpha value is -2.90. The van der Waals surface area contributed by atoms with Crippen molar-refractivity contribution in [3.63, 3.8) is 0 Å². The van der Waals surface area contributed by atoms with E-state index in [0.717, 1.165) is 69.5 Å². The number of carbonyl (C=O) groups is 1. The summed E-state index contributed by atoms with van der Waals surface area (Å²) in [5, 5.41) is 6.30. The molecule has 1 aromatic heterocycles. The van der Waals surface area contributed by atoms with Gasteiger partial charge in [-0.1, -0.05) is 49.4 Å². The van der Waals surface area contributed by atoms with Gasteiger partial charge in [0, 0.05) is 38.6 Å². The van der Waals surface area contributed by atoms with Gasteiger partial charge in [0.05, 0.1) is 11.0 Å². The average Bonchev–Trinajstić information content (AvgIpc) is 3.25. The van der Waals surface area contributed by atoms with Crippen LogP contribution in [0.2, 0.25) is 0 Å². The van der Waals surface area contributed by atoms with Crippen LogP contribution in [0.1, 0.15) is 43.6 Å². The second-order valence-corrected chi connectivity index (χ2v) is 8.91. The quantitative estimate of drug-likeness (QED) is 0.418. The number of carbonyl (C=O) groups excluding carboxylic acids is 1. The summed E-state index contributed by atoms with van der Waals surface area (Å²) >= 11 is 0. The first kappa shape index (κ1) is 24.2. The van der Waals surface area contributed by atoms with Gasteiger partial charge in [-0.15, -0.1) is 0 Å². The number of ether oxygens (including phenoxy) is 1. The van der Waals surface area contributed by atoms with E-state index >= 15 is 0 Å². The van der Waals surface area contributed by atoms with Gasteiger partial charge >= 0.3 is 6.09 Å². The Morgan fingerprint density at radius 2 is 1.82 bits per heavy atom. The van der Waals surface area contributed by atoms with Crippen molar-refractivity contribution in [2.24, 2.45) is 0 Å². The Kier molecular flexibility index (Phi) is 8.93. The maximum atomic E-state index is 11.9. The first-order valence-corrected chi connectivity index (χ1v) is 12.6. The Morgan fingerprint density at radius 3 is 2.62 bits per heavy atom. The van der Waals surface area contributed by atoms with Crippen LogP contribution in [0.3, 0.4) is 0 Å². The van der Waals surface area contributed by atoms with Crippen molar-refractivity contribution in [3.8, 4) is 0 Å². The molecule has 1 amide bonds. The molecule has 0 unspecified atom stereocenters.